The fourth-order valence-corrected chi connectivity index (χ4v) is 6.95. The molecule has 0 bridgehead atoms. The van der Waals surface area contributed by atoms with Crippen molar-refractivity contribution in [3.8, 4) is 27.3 Å². The highest BCUT2D eigenvalue weighted by Gasteiger charge is 2.27. The lowest BCUT2D eigenvalue weighted by atomic mass is 9.93. The number of hydrogen-bond donors (Lipinski definition) is 4. The molecule has 0 unspecified atom stereocenters. The smallest absolute Gasteiger partial charge is 0.357 e. The molecule has 5 N–H and O–H groups in total. The number of fused-ring (bicyclic) bond motifs is 3. The van der Waals surface area contributed by atoms with Crippen LogP contribution in [0.5, 0.6) is 5.75 Å². The summed E-state index contributed by atoms with van der Waals surface area (Å²) >= 11 is 1.55. The number of benzene rings is 3. The van der Waals surface area contributed by atoms with Crippen LogP contribution in [0.2, 0.25) is 0 Å². The van der Waals surface area contributed by atoms with Crippen molar-refractivity contribution in [3.05, 3.63) is 123 Å². The van der Waals surface area contributed by atoms with Gasteiger partial charge in [-0.05, 0) is 70.5 Å². The molecular formula is C40H39N5O6S. The molecule has 0 spiro atoms. The number of nitrogens with zero attached hydrogens (tertiary/aromatic N) is 1. The molecule has 3 aromatic carbocycles. The molecule has 11 nitrogen and oxygen atoms in total. The normalized spacial score (nSPS) is 11.7. The van der Waals surface area contributed by atoms with E-state index in [4.69, 9.17) is 15.2 Å². The highest BCUT2D eigenvalue weighted by Crippen LogP contribution is 2.43. The van der Waals surface area contributed by atoms with Gasteiger partial charge in [-0.3, -0.25) is 14.4 Å². The first kappa shape index (κ1) is 36.0. The Morgan fingerprint density at radius 3 is 2.50 bits per heavy atom. The number of carbonyl (C=O) groups is 4. The number of esters is 1. The second-order valence-corrected chi connectivity index (χ2v) is 13.1. The number of carbonyl (C=O) groups excluding carboxylic acids is 4. The summed E-state index contributed by atoms with van der Waals surface area (Å²) in [5, 5.41) is 10.7. The Kier molecular flexibility index (Phi) is 11.4. The standard InChI is InChI=1S/C40H39N5O6S/c1-3-15-42-39(48)33-12-10-28(36(44-33)40(49)50-2)29-21-34-31(37-26(13-16-51-34)14-17-52-37)20-30(29)38(47)45-32-11-9-25(22-41)18-27(32)19-35(46)43-23-24-7-5-4-6-8-24/h4-12,14,17-18,20-21H,3,13,15-16,19,22-23,41H2,1-2H3,(H,42,48)(H,43,46)(H,45,47). The summed E-state index contributed by atoms with van der Waals surface area (Å²) in [5.74, 6) is -1.39. The minimum atomic E-state index is -0.774. The highest BCUT2D eigenvalue weighted by atomic mass is 32.1. The zero-order valence-corrected chi connectivity index (χ0v) is 29.7. The molecule has 3 amide bonds. The van der Waals surface area contributed by atoms with Gasteiger partial charge in [-0.1, -0.05) is 49.4 Å². The molecule has 3 heterocycles. The summed E-state index contributed by atoms with van der Waals surface area (Å²) in [6.07, 6.45) is 1.41. The first-order valence-electron chi connectivity index (χ1n) is 17.0. The van der Waals surface area contributed by atoms with Gasteiger partial charge >= 0.3 is 5.97 Å². The van der Waals surface area contributed by atoms with Crippen molar-refractivity contribution in [3.63, 3.8) is 0 Å². The Bertz CT molecular complexity index is 2130. The van der Waals surface area contributed by atoms with E-state index in [1.54, 1.807) is 41.7 Å². The summed E-state index contributed by atoms with van der Waals surface area (Å²) in [7, 11) is 1.23. The first-order chi connectivity index (χ1) is 25.3. The number of aromatic nitrogens is 1. The van der Waals surface area contributed by atoms with Gasteiger partial charge in [-0.2, -0.15) is 0 Å². The van der Waals surface area contributed by atoms with Gasteiger partial charge in [0.05, 0.1) is 20.1 Å². The predicted molar refractivity (Wildman–Crippen MR) is 200 cm³/mol. The van der Waals surface area contributed by atoms with Crippen molar-refractivity contribution in [1.82, 2.24) is 15.6 Å². The fourth-order valence-electron chi connectivity index (χ4n) is 5.98. The van der Waals surface area contributed by atoms with Crippen LogP contribution < -0.4 is 26.4 Å². The van der Waals surface area contributed by atoms with Gasteiger partial charge in [-0.25, -0.2) is 9.78 Å². The van der Waals surface area contributed by atoms with Crippen LogP contribution in [0, 0.1) is 0 Å². The molecule has 1 aliphatic heterocycles. The third-order valence-corrected chi connectivity index (χ3v) is 9.64. The van der Waals surface area contributed by atoms with E-state index in [0.717, 1.165) is 33.6 Å². The molecule has 0 radical (unpaired) electrons. The molecule has 5 aromatic rings. The number of hydrogen-bond acceptors (Lipinski definition) is 9. The van der Waals surface area contributed by atoms with Crippen LogP contribution >= 0.6 is 11.3 Å². The number of methoxy groups -OCH3 is 1. The van der Waals surface area contributed by atoms with E-state index < -0.39 is 17.8 Å². The summed E-state index contributed by atoms with van der Waals surface area (Å²) < 4.78 is 11.3. The maximum Gasteiger partial charge on any atom is 0.357 e. The monoisotopic (exact) mass is 717 g/mol. The third-order valence-electron chi connectivity index (χ3n) is 8.65. The Morgan fingerprint density at radius 2 is 1.73 bits per heavy atom. The second kappa shape index (κ2) is 16.4. The molecule has 6 rings (SSSR count). The van der Waals surface area contributed by atoms with E-state index in [1.165, 1.54) is 13.2 Å². The Balaban J connectivity index is 1.41. The van der Waals surface area contributed by atoms with Gasteiger partial charge in [0.15, 0.2) is 5.69 Å². The summed E-state index contributed by atoms with van der Waals surface area (Å²) in [4.78, 5) is 59.1. The van der Waals surface area contributed by atoms with Crippen LogP contribution in [0.15, 0.2) is 84.2 Å². The largest absolute Gasteiger partial charge is 0.493 e. The van der Waals surface area contributed by atoms with Crippen LogP contribution in [0.4, 0.5) is 5.69 Å². The van der Waals surface area contributed by atoms with Crippen LogP contribution in [0.25, 0.3) is 21.6 Å². The molecule has 0 atom stereocenters. The van der Waals surface area contributed by atoms with Crippen molar-refractivity contribution in [1.29, 1.82) is 0 Å². The lowest BCUT2D eigenvalue weighted by molar-refractivity contribution is -0.120. The lowest BCUT2D eigenvalue weighted by Gasteiger charge is -2.18. The zero-order valence-electron chi connectivity index (χ0n) is 28.9. The van der Waals surface area contributed by atoms with Crippen molar-refractivity contribution in [2.45, 2.75) is 39.3 Å². The van der Waals surface area contributed by atoms with Crippen molar-refractivity contribution >= 4 is 40.7 Å². The van der Waals surface area contributed by atoms with E-state index in [0.29, 0.717) is 48.7 Å². The minimum Gasteiger partial charge on any atom is -0.493 e. The van der Waals surface area contributed by atoms with Gasteiger partial charge in [-0.15, -0.1) is 11.3 Å². The maximum atomic E-state index is 14.5. The van der Waals surface area contributed by atoms with Crippen LogP contribution in [0.3, 0.4) is 0 Å². The number of amides is 3. The number of thiophene rings is 1. The topological polar surface area (TPSA) is 162 Å². The molecule has 0 saturated carbocycles. The molecule has 0 aliphatic carbocycles. The van der Waals surface area contributed by atoms with E-state index in [9.17, 15) is 19.2 Å². The quantitative estimate of drug-likeness (QED) is 0.116. The van der Waals surface area contributed by atoms with Gasteiger partial charge in [0.2, 0.25) is 5.91 Å². The Hall–Kier alpha value is -5.85. The van der Waals surface area contributed by atoms with Crippen LogP contribution in [-0.2, 0) is 35.5 Å². The third kappa shape index (κ3) is 8.03. The van der Waals surface area contributed by atoms with Crippen molar-refractivity contribution < 1.29 is 28.7 Å². The molecular weight excluding hydrogens is 679 g/mol. The number of pyridine rings is 1. The van der Waals surface area contributed by atoms with Crippen molar-refractivity contribution in [2.75, 3.05) is 25.6 Å². The summed E-state index contributed by atoms with van der Waals surface area (Å²) in [6.45, 7) is 3.40. The minimum absolute atomic E-state index is 0.00229. The van der Waals surface area contributed by atoms with Crippen molar-refractivity contribution in [2.24, 2.45) is 5.73 Å². The van der Waals surface area contributed by atoms with Gasteiger partial charge in [0.25, 0.3) is 11.8 Å². The average molecular weight is 718 g/mol. The number of rotatable bonds is 12. The van der Waals surface area contributed by atoms with E-state index >= 15 is 0 Å². The lowest BCUT2D eigenvalue weighted by Crippen LogP contribution is -2.26. The van der Waals surface area contributed by atoms with Gasteiger partial charge in [0, 0.05) is 58.9 Å². The van der Waals surface area contributed by atoms with Crippen LogP contribution in [-0.4, -0.2) is 48.9 Å². The number of anilines is 1. The van der Waals surface area contributed by atoms with E-state index in [2.05, 4.69) is 20.9 Å². The summed E-state index contributed by atoms with van der Waals surface area (Å²) in [6, 6.07) is 23.6. The van der Waals surface area contributed by atoms with Gasteiger partial charge in [0.1, 0.15) is 11.4 Å². The Morgan fingerprint density at radius 1 is 0.904 bits per heavy atom. The molecule has 1 aliphatic rings. The Labute approximate surface area is 305 Å². The molecule has 0 fully saturated rings. The summed E-state index contributed by atoms with van der Waals surface area (Å²) in [5.41, 5.74) is 11.3. The second-order valence-electron chi connectivity index (χ2n) is 12.2. The van der Waals surface area contributed by atoms with E-state index in [-0.39, 0.29) is 41.4 Å². The average Bonchev–Trinajstić information content (AvgIpc) is 3.57. The predicted octanol–water partition coefficient (Wildman–Crippen LogP) is 5.91. The molecule has 12 heteroatoms. The number of nitrogens with one attached hydrogen (secondary N) is 3. The molecule has 52 heavy (non-hydrogen) atoms. The highest BCUT2D eigenvalue weighted by molar-refractivity contribution is 7.13. The molecule has 266 valence electrons. The van der Waals surface area contributed by atoms with E-state index in [1.807, 2.05) is 54.8 Å². The molecule has 2 aromatic heterocycles. The first-order valence-corrected chi connectivity index (χ1v) is 17.9. The fraction of sp³-hybridized carbons (Fsp3) is 0.225. The molecule has 0 saturated heterocycles. The SMILES string of the molecule is CCCNC(=O)c1ccc(-c2cc3c(cc2C(=O)Nc2ccc(CN)cc2CC(=O)NCc2ccccc2)-c2sccc2CCO3)c(C(=O)OC)n1. The van der Waals surface area contributed by atoms with Crippen LogP contribution in [0.1, 0.15) is 66.9 Å². The number of ether oxygens (including phenoxy) is 2. The maximum absolute atomic E-state index is 14.5. The number of nitrogens with two attached hydrogens (primary N) is 1. The zero-order chi connectivity index (χ0) is 36.6. The van der Waals surface area contributed by atoms with Gasteiger partial charge < -0.3 is 31.2 Å².